The van der Waals surface area contributed by atoms with Gasteiger partial charge in [-0.05, 0) is 18.3 Å². The summed E-state index contributed by atoms with van der Waals surface area (Å²) in [5.74, 6) is -0.383. The largest absolute Gasteiger partial charge is 0.461 e. The first-order chi connectivity index (χ1) is 7.24. The first-order valence-corrected chi connectivity index (χ1v) is 5.03. The third-order valence-corrected chi connectivity index (χ3v) is 2.08. The van der Waals surface area contributed by atoms with Crippen molar-refractivity contribution < 1.29 is 9.53 Å². The fourth-order valence-corrected chi connectivity index (χ4v) is 1.17. The molecule has 0 aliphatic carbocycles. The molecule has 80 valence electrons. The lowest BCUT2D eigenvalue weighted by molar-refractivity contribution is 0.0506. The molecule has 15 heavy (non-hydrogen) atoms. The number of carbonyl (C=O) groups excluding carboxylic acids is 1. The van der Waals surface area contributed by atoms with Gasteiger partial charge in [-0.1, -0.05) is 18.2 Å². The average Bonchev–Trinajstić information content (AvgIpc) is 2.27. The highest BCUT2D eigenvalue weighted by Crippen LogP contribution is 2.05. The molecule has 0 saturated carbocycles. The number of alkyl halides is 1. The van der Waals surface area contributed by atoms with Gasteiger partial charge in [0.25, 0.3) is 0 Å². The van der Waals surface area contributed by atoms with Crippen molar-refractivity contribution in [3.63, 3.8) is 0 Å². The average molecular weight is 226 g/mol. The van der Waals surface area contributed by atoms with E-state index in [1.165, 1.54) is 6.21 Å². The smallest absolute Gasteiger partial charge is 0.338 e. The van der Waals surface area contributed by atoms with Crippen LogP contribution >= 0.6 is 11.6 Å². The van der Waals surface area contributed by atoms with E-state index in [0.717, 1.165) is 0 Å². The Morgan fingerprint density at radius 1 is 1.47 bits per heavy atom. The molecule has 0 amide bonds. The van der Waals surface area contributed by atoms with Crippen LogP contribution in [0.4, 0.5) is 0 Å². The molecule has 1 rings (SSSR count). The Hall–Kier alpha value is -1.35. The highest BCUT2D eigenvalue weighted by atomic mass is 35.5. The van der Waals surface area contributed by atoms with Crippen molar-refractivity contribution in [1.82, 2.24) is 0 Å². The number of esters is 1. The molecule has 1 N–H and O–H groups in total. The molecule has 0 aliphatic rings. The standard InChI is InChI=1S/C11H12ClNO2/c12-10(6-7-13)8-15-11(14)9-4-2-1-3-5-9/h1-5,7,10,13H,6,8H2. The van der Waals surface area contributed by atoms with Gasteiger partial charge in [-0.3, -0.25) is 0 Å². The summed E-state index contributed by atoms with van der Waals surface area (Å²) in [6.07, 6.45) is 1.61. The summed E-state index contributed by atoms with van der Waals surface area (Å²) >= 11 is 5.78. The summed E-state index contributed by atoms with van der Waals surface area (Å²) in [4.78, 5) is 11.4. The summed E-state index contributed by atoms with van der Waals surface area (Å²) in [7, 11) is 0. The Bertz CT molecular complexity index is 327. The Morgan fingerprint density at radius 3 is 2.73 bits per heavy atom. The molecular formula is C11H12ClNO2. The quantitative estimate of drug-likeness (QED) is 0.476. The van der Waals surface area contributed by atoms with Crippen molar-refractivity contribution in [2.24, 2.45) is 0 Å². The second-order valence-electron chi connectivity index (χ2n) is 3.00. The van der Waals surface area contributed by atoms with Crippen molar-refractivity contribution in [1.29, 1.82) is 5.41 Å². The van der Waals surface area contributed by atoms with Crippen LogP contribution in [0.15, 0.2) is 30.3 Å². The first-order valence-electron chi connectivity index (χ1n) is 4.59. The minimum absolute atomic E-state index is 0.130. The van der Waals surface area contributed by atoms with Crippen LogP contribution in [-0.2, 0) is 4.74 Å². The highest BCUT2D eigenvalue weighted by molar-refractivity contribution is 6.21. The summed E-state index contributed by atoms with van der Waals surface area (Å²) in [5, 5.41) is 6.51. The molecule has 0 bridgehead atoms. The van der Waals surface area contributed by atoms with E-state index in [2.05, 4.69) is 0 Å². The molecule has 1 unspecified atom stereocenters. The fraction of sp³-hybridized carbons (Fsp3) is 0.273. The van der Waals surface area contributed by atoms with Crippen LogP contribution in [0, 0.1) is 5.41 Å². The summed E-state index contributed by atoms with van der Waals surface area (Å²) < 4.78 is 4.97. The van der Waals surface area contributed by atoms with Gasteiger partial charge in [0.15, 0.2) is 0 Å². The summed E-state index contributed by atoms with van der Waals surface area (Å²) in [6, 6.07) is 8.74. The van der Waals surface area contributed by atoms with Gasteiger partial charge in [0.2, 0.25) is 0 Å². The molecule has 1 aromatic rings. The molecule has 4 heteroatoms. The predicted molar refractivity (Wildman–Crippen MR) is 59.8 cm³/mol. The Kier molecular flexibility index (Phi) is 4.84. The van der Waals surface area contributed by atoms with Crippen LogP contribution in [-0.4, -0.2) is 24.2 Å². The Labute approximate surface area is 93.5 Å². The molecule has 0 aliphatic heterocycles. The topological polar surface area (TPSA) is 50.1 Å². The third-order valence-electron chi connectivity index (χ3n) is 1.78. The van der Waals surface area contributed by atoms with Crippen LogP contribution < -0.4 is 0 Å². The number of nitrogens with one attached hydrogen (secondary N) is 1. The number of ether oxygens (including phenoxy) is 1. The Balaban J connectivity index is 2.40. The van der Waals surface area contributed by atoms with Crippen molar-refractivity contribution in [2.45, 2.75) is 11.8 Å². The number of carbonyl (C=O) groups is 1. The molecule has 1 aromatic carbocycles. The molecule has 0 saturated heterocycles. The lowest BCUT2D eigenvalue weighted by atomic mass is 10.2. The zero-order chi connectivity index (χ0) is 11.1. The van der Waals surface area contributed by atoms with E-state index in [1.54, 1.807) is 24.3 Å². The van der Waals surface area contributed by atoms with E-state index >= 15 is 0 Å². The van der Waals surface area contributed by atoms with E-state index in [-0.39, 0.29) is 18.0 Å². The number of benzene rings is 1. The van der Waals surface area contributed by atoms with E-state index in [9.17, 15) is 4.79 Å². The van der Waals surface area contributed by atoms with E-state index < -0.39 is 0 Å². The van der Waals surface area contributed by atoms with Gasteiger partial charge < -0.3 is 10.1 Å². The summed E-state index contributed by atoms with van der Waals surface area (Å²) in [5.41, 5.74) is 0.510. The normalized spacial score (nSPS) is 11.8. The van der Waals surface area contributed by atoms with Crippen molar-refractivity contribution in [3.05, 3.63) is 35.9 Å². The molecule has 3 nitrogen and oxygen atoms in total. The number of rotatable bonds is 5. The van der Waals surface area contributed by atoms with Crippen molar-refractivity contribution in [2.75, 3.05) is 6.61 Å². The van der Waals surface area contributed by atoms with Crippen LogP contribution in [0.3, 0.4) is 0 Å². The van der Waals surface area contributed by atoms with Gasteiger partial charge >= 0.3 is 5.97 Å². The number of halogens is 1. The van der Waals surface area contributed by atoms with E-state index in [4.69, 9.17) is 21.7 Å². The van der Waals surface area contributed by atoms with Gasteiger partial charge in [0.05, 0.1) is 10.9 Å². The summed E-state index contributed by atoms with van der Waals surface area (Å²) in [6.45, 7) is 0.130. The lowest BCUT2D eigenvalue weighted by Crippen LogP contribution is -2.14. The first kappa shape index (κ1) is 11.7. The minimum Gasteiger partial charge on any atom is -0.461 e. The predicted octanol–water partition coefficient (Wildman–Crippen LogP) is 2.49. The lowest BCUT2D eigenvalue weighted by Gasteiger charge is -2.07. The molecule has 0 aromatic heterocycles. The van der Waals surface area contributed by atoms with Crippen LogP contribution in [0.5, 0.6) is 0 Å². The van der Waals surface area contributed by atoms with E-state index in [0.29, 0.717) is 12.0 Å². The second kappa shape index (κ2) is 6.19. The van der Waals surface area contributed by atoms with E-state index in [1.807, 2.05) is 6.07 Å². The van der Waals surface area contributed by atoms with Gasteiger partial charge in [-0.2, -0.15) is 0 Å². The van der Waals surface area contributed by atoms with Crippen molar-refractivity contribution >= 4 is 23.8 Å². The van der Waals surface area contributed by atoms with Gasteiger partial charge in [0.1, 0.15) is 6.61 Å². The second-order valence-corrected chi connectivity index (χ2v) is 3.62. The monoisotopic (exact) mass is 225 g/mol. The third kappa shape index (κ3) is 4.13. The maximum Gasteiger partial charge on any atom is 0.338 e. The fourth-order valence-electron chi connectivity index (χ4n) is 1.02. The van der Waals surface area contributed by atoms with Gasteiger partial charge in [0, 0.05) is 6.42 Å². The van der Waals surface area contributed by atoms with Crippen molar-refractivity contribution in [3.8, 4) is 0 Å². The van der Waals surface area contributed by atoms with Crippen LogP contribution in [0.1, 0.15) is 16.8 Å². The zero-order valence-electron chi connectivity index (χ0n) is 8.15. The molecule has 0 fully saturated rings. The van der Waals surface area contributed by atoms with Gasteiger partial charge in [-0.15, -0.1) is 11.6 Å². The Morgan fingerprint density at radius 2 is 2.13 bits per heavy atom. The molecular weight excluding hydrogens is 214 g/mol. The molecule has 1 atom stereocenters. The SMILES string of the molecule is N=CCC(Cl)COC(=O)c1ccccc1. The maximum atomic E-state index is 11.4. The zero-order valence-corrected chi connectivity index (χ0v) is 8.91. The number of hydrogen-bond acceptors (Lipinski definition) is 3. The van der Waals surface area contributed by atoms with Gasteiger partial charge in [-0.25, -0.2) is 4.79 Å². The number of hydrogen-bond donors (Lipinski definition) is 1. The molecule has 0 spiro atoms. The highest BCUT2D eigenvalue weighted by Gasteiger charge is 2.09. The molecule has 0 heterocycles. The maximum absolute atomic E-state index is 11.4. The molecule has 0 radical (unpaired) electrons. The van der Waals surface area contributed by atoms with Crippen LogP contribution in [0.2, 0.25) is 0 Å². The van der Waals surface area contributed by atoms with Crippen LogP contribution in [0.25, 0.3) is 0 Å². The minimum atomic E-state index is -0.383.